The fourth-order valence-corrected chi connectivity index (χ4v) is 3.77. The number of benzene rings is 1. The molecule has 0 N–H and O–H groups in total. The van der Waals surface area contributed by atoms with Crippen LogP contribution in [-0.2, 0) is 9.68 Å². The van der Waals surface area contributed by atoms with Gasteiger partial charge in [-0.25, -0.2) is 0 Å². The van der Waals surface area contributed by atoms with E-state index in [0.29, 0.717) is 0 Å². The zero-order valence-electron chi connectivity index (χ0n) is 14.5. The van der Waals surface area contributed by atoms with Gasteiger partial charge in [0.1, 0.15) is 0 Å². The molecule has 0 amide bonds. The van der Waals surface area contributed by atoms with Crippen LogP contribution in [0.15, 0.2) is 82.2 Å². The average Bonchev–Trinajstić information content (AvgIpc) is 3.49. The second-order valence-electron chi connectivity index (χ2n) is 6.97. The van der Waals surface area contributed by atoms with E-state index in [1.165, 1.54) is 11.1 Å². The minimum atomic E-state index is 0.0470. The standard InChI is InChI=1S/C22H20N2O2/c1-2-7-15(6-1)21-13-19(23-25-21)17-10-5-11-18(12-17)20-14-22(26-24-20)16-8-3-4-9-16/h1-3,5-6,8-12,21-22H,4,7,13-14H2. The molecule has 4 nitrogen and oxygen atoms in total. The largest absolute Gasteiger partial charge is 0.387 e. The molecular weight excluding hydrogens is 324 g/mol. The first-order chi connectivity index (χ1) is 12.9. The summed E-state index contributed by atoms with van der Waals surface area (Å²) >= 11 is 0. The molecule has 0 aromatic heterocycles. The molecule has 4 aliphatic rings. The van der Waals surface area contributed by atoms with Crippen LogP contribution in [0.5, 0.6) is 0 Å². The van der Waals surface area contributed by atoms with Gasteiger partial charge in [-0.3, -0.25) is 0 Å². The fourth-order valence-electron chi connectivity index (χ4n) is 3.77. The zero-order chi connectivity index (χ0) is 17.3. The summed E-state index contributed by atoms with van der Waals surface area (Å²) in [6, 6.07) is 8.38. The van der Waals surface area contributed by atoms with E-state index in [4.69, 9.17) is 9.68 Å². The molecule has 0 saturated carbocycles. The Balaban J connectivity index is 1.30. The number of hydrogen-bond donors (Lipinski definition) is 0. The number of rotatable bonds is 4. The van der Waals surface area contributed by atoms with Crippen molar-refractivity contribution >= 4 is 11.4 Å². The first-order valence-corrected chi connectivity index (χ1v) is 9.15. The van der Waals surface area contributed by atoms with Gasteiger partial charge in [0.2, 0.25) is 0 Å². The Bertz CT molecular complexity index is 918. The van der Waals surface area contributed by atoms with Crippen LogP contribution in [0.4, 0.5) is 0 Å². The molecule has 5 rings (SSSR count). The summed E-state index contributed by atoms with van der Waals surface area (Å²) in [5, 5.41) is 8.67. The Morgan fingerprint density at radius 1 is 0.923 bits per heavy atom. The van der Waals surface area contributed by atoms with Crippen molar-refractivity contribution in [2.75, 3.05) is 0 Å². The van der Waals surface area contributed by atoms with Crippen LogP contribution in [0.1, 0.15) is 36.8 Å². The fraction of sp³-hybridized carbons (Fsp3) is 0.273. The quantitative estimate of drug-likeness (QED) is 0.810. The third-order valence-electron chi connectivity index (χ3n) is 5.25. The summed E-state index contributed by atoms with van der Waals surface area (Å²) in [6.45, 7) is 0. The predicted octanol–water partition coefficient (Wildman–Crippen LogP) is 4.45. The molecule has 2 heterocycles. The van der Waals surface area contributed by atoms with Crippen LogP contribution in [0.2, 0.25) is 0 Å². The van der Waals surface area contributed by atoms with Gasteiger partial charge in [0.25, 0.3) is 0 Å². The molecule has 2 aliphatic carbocycles. The molecule has 0 spiro atoms. The van der Waals surface area contributed by atoms with Gasteiger partial charge < -0.3 is 9.68 Å². The van der Waals surface area contributed by atoms with E-state index < -0.39 is 0 Å². The molecule has 0 bridgehead atoms. The highest BCUT2D eigenvalue weighted by molar-refractivity contribution is 6.06. The number of allylic oxidation sites excluding steroid dienone is 5. The highest BCUT2D eigenvalue weighted by atomic mass is 16.6. The van der Waals surface area contributed by atoms with Gasteiger partial charge in [0, 0.05) is 24.0 Å². The molecule has 2 aliphatic heterocycles. The third kappa shape index (κ3) is 2.81. The van der Waals surface area contributed by atoms with E-state index in [-0.39, 0.29) is 12.2 Å². The SMILES string of the molecule is C1=CCC(C2CC(c3cccc(C4=NOC(C5=CCC=C5)C4)c3)=NO2)=C1. The zero-order valence-corrected chi connectivity index (χ0v) is 14.5. The van der Waals surface area contributed by atoms with E-state index in [9.17, 15) is 0 Å². The average molecular weight is 344 g/mol. The topological polar surface area (TPSA) is 43.2 Å². The van der Waals surface area contributed by atoms with Crippen LogP contribution >= 0.6 is 0 Å². The van der Waals surface area contributed by atoms with Crippen molar-refractivity contribution < 1.29 is 9.68 Å². The molecule has 0 radical (unpaired) electrons. The second-order valence-corrected chi connectivity index (χ2v) is 6.97. The van der Waals surface area contributed by atoms with Crippen molar-refractivity contribution in [3.63, 3.8) is 0 Å². The van der Waals surface area contributed by atoms with Crippen LogP contribution in [0, 0.1) is 0 Å². The molecular formula is C22H20N2O2. The summed E-state index contributed by atoms with van der Waals surface area (Å²) in [4.78, 5) is 11.3. The summed E-state index contributed by atoms with van der Waals surface area (Å²) in [5.74, 6) is 0. The van der Waals surface area contributed by atoms with Crippen molar-refractivity contribution in [3.8, 4) is 0 Å². The Hall–Kier alpha value is -2.88. The molecule has 1 aromatic carbocycles. The van der Waals surface area contributed by atoms with E-state index in [0.717, 1.165) is 48.2 Å². The molecule has 2 unspecified atom stereocenters. The Kier molecular flexibility index (Phi) is 3.81. The van der Waals surface area contributed by atoms with Crippen LogP contribution < -0.4 is 0 Å². The summed E-state index contributed by atoms with van der Waals surface area (Å²) in [6.07, 6.45) is 16.6. The number of hydrogen-bond acceptors (Lipinski definition) is 4. The Labute approximate surface area is 152 Å². The predicted molar refractivity (Wildman–Crippen MR) is 102 cm³/mol. The van der Waals surface area contributed by atoms with Gasteiger partial charge >= 0.3 is 0 Å². The van der Waals surface area contributed by atoms with Gasteiger partial charge in [-0.15, -0.1) is 0 Å². The lowest BCUT2D eigenvalue weighted by Crippen LogP contribution is -2.12. The lowest BCUT2D eigenvalue weighted by atomic mass is 9.96. The molecule has 0 fully saturated rings. The normalized spacial score (nSPS) is 26.3. The van der Waals surface area contributed by atoms with Crippen LogP contribution in [-0.4, -0.2) is 23.6 Å². The van der Waals surface area contributed by atoms with E-state index in [1.54, 1.807) is 0 Å². The van der Waals surface area contributed by atoms with E-state index in [2.05, 4.69) is 71.0 Å². The van der Waals surface area contributed by atoms with Gasteiger partial charge in [-0.05, 0) is 30.1 Å². The van der Waals surface area contributed by atoms with Gasteiger partial charge in [0.15, 0.2) is 12.2 Å². The lowest BCUT2D eigenvalue weighted by Gasteiger charge is -2.09. The lowest BCUT2D eigenvalue weighted by molar-refractivity contribution is 0.110. The number of nitrogens with zero attached hydrogens (tertiary/aromatic N) is 2. The smallest absolute Gasteiger partial charge is 0.157 e. The Morgan fingerprint density at radius 3 is 2.38 bits per heavy atom. The van der Waals surface area contributed by atoms with E-state index >= 15 is 0 Å². The maximum atomic E-state index is 5.66. The summed E-state index contributed by atoms with van der Waals surface area (Å²) in [5.41, 5.74) is 6.73. The van der Waals surface area contributed by atoms with Crippen molar-refractivity contribution in [1.29, 1.82) is 0 Å². The van der Waals surface area contributed by atoms with Crippen molar-refractivity contribution in [3.05, 3.63) is 83.0 Å². The van der Waals surface area contributed by atoms with Crippen LogP contribution in [0.25, 0.3) is 0 Å². The highest BCUT2D eigenvalue weighted by Crippen LogP contribution is 2.29. The second kappa shape index (κ2) is 6.45. The molecule has 4 heteroatoms. The highest BCUT2D eigenvalue weighted by Gasteiger charge is 2.28. The molecule has 130 valence electrons. The molecule has 2 atom stereocenters. The maximum absolute atomic E-state index is 5.66. The first kappa shape index (κ1) is 15.4. The summed E-state index contributed by atoms with van der Waals surface area (Å²) in [7, 11) is 0. The minimum Gasteiger partial charge on any atom is -0.387 e. The van der Waals surface area contributed by atoms with Crippen molar-refractivity contribution in [2.45, 2.75) is 37.9 Å². The van der Waals surface area contributed by atoms with E-state index in [1.807, 2.05) is 0 Å². The minimum absolute atomic E-state index is 0.0470. The first-order valence-electron chi connectivity index (χ1n) is 9.15. The van der Waals surface area contributed by atoms with Crippen molar-refractivity contribution in [1.82, 2.24) is 0 Å². The maximum Gasteiger partial charge on any atom is 0.157 e. The van der Waals surface area contributed by atoms with Gasteiger partial charge in [-0.2, -0.15) is 0 Å². The summed E-state index contributed by atoms with van der Waals surface area (Å²) < 4.78 is 0. The third-order valence-corrected chi connectivity index (χ3v) is 5.25. The number of oxime groups is 2. The van der Waals surface area contributed by atoms with Crippen molar-refractivity contribution in [2.24, 2.45) is 10.3 Å². The molecule has 26 heavy (non-hydrogen) atoms. The molecule has 0 saturated heterocycles. The molecule has 1 aromatic rings. The van der Waals surface area contributed by atoms with Gasteiger partial charge in [0.05, 0.1) is 11.4 Å². The van der Waals surface area contributed by atoms with Crippen LogP contribution in [0.3, 0.4) is 0 Å². The Morgan fingerprint density at radius 2 is 1.69 bits per heavy atom. The van der Waals surface area contributed by atoms with Gasteiger partial charge in [-0.1, -0.05) is 65.0 Å². The monoisotopic (exact) mass is 344 g/mol.